The van der Waals surface area contributed by atoms with E-state index in [9.17, 15) is 13.2 Å². The van der Waals surface area contributed by atoms with E-state index in [1.165, 1.54) is 0 Å². The number of hydrogen-bond acceptors (Lipinski definition) is 6. The highest BCUT2D eigenvalue weighted by Gasteiger charge is 2.28. The third-order valence-electron chi connectivity index (χ3n) is 4.87. The molecular formula is C19H21N5O3S. The van der Waals surface area contributed by atoms with Crippen molar-refractivity contribution in [2.45, 2.75) is 11.8 Å². The van der Waals surface area contributed by atoms with E-state index in [0.717, 1.165) is 5.56 Å². The topological polar surface area (TPSA) is 95.0 Å². The van der Waals surface area contributed by atoms with E-state index in [2.05, 4.69) is 19.6 Å². The monoisotopic (exact) mass is 399 g/mol. The third kappa shape index (κ3) is 3.76. The van der Waals surface area contributed by atoms with Crippen LogP contribution in [0.5, 0.6) is 0 Å². The van der Waals surface area contributed by atoms with Gasteiger partial charge in [-0.3, -0.25) is 14.7 Å². The van der Waals surface area contributed by atoms with Crippen LogP contribution in [-0.4, -0.2) is 67.7 Å². The SMILES string of the molecule is Cc1ccc2c(c1)S(=O)(=O)N=C(CN1CCN(C(=O)c3cccnc3)CC1)N2. The molecule has 1 fully saturated rings. The van der Waals surface area contributed by atoms with Crippen molar-refractivity contribution in [3.05, 3.63) is 53.9 Å². The van der Waals surface area contributed by atoms with Crippen LogP contribution in [0.15, 0.2) is 52.0 Å². The zero-order valence-electron chi connectivity index (χ0n) is 15.5. The molecule has 0 unspecified atom stereocenters. The number of amides is 1. The number of carbonyl (C=O) groups excluding carboxylic acids is 1. The standard InChI is InChI=1S/C19H21N5O3S/c1-14-4-5-16-17(11-14)28(26,27)22-18(21-16)13-23-7-9-24(10-8-23)19(25)15-3-2-6-20-12-15/h2-6,11-12H,7-10,13H2,1H3,(H,21,22). The minimum absolute atomic E-state index is 0.0345. The van der Waals surface area contributed by atoms with Gasteiger partial charge in [0.15, 0.2) is 0 Å². The maximum atomic E-state index is 12.5. The summed E-state index contributed by atoms with van der Waals surface area (Å²) in [6.07, 6.45) is 3.21. The number of fused-ring (bicyclic) bond motifs is 1. The van der Waals surface area contributed by atoms with Crippen molar-refractivity contribution in [1.29, 1.82) is 0 Å². The van der Waals surface area contributed by atoms with Crippen LogP contribution in [0.3, 0.4) is 0 Å². The van der Waals surface area contributed by atoms with Gasteiger partial charge in [-0.05, 0) is 36.8 Å². The van der Waals surface area contributed by atoms with Crippen molar-refractivity contribution < 1.29 is 13.2 Å². The van der Waals surface area contributed by atoms with Gasteiger partial charge in [0, 0.05) is 38.6 Å². The second kappa shape index (κ2) is 7.33. The molecule has 0 atom stereocenters. The van der Waals surface area contributed by atoms with Crippen molar-refractivity contribution in [3.63, 3.8) is 0 Å². The van der Waals surface area contributed by atoms with Gasteiger partial charge < -0.3 is 10.2 Å². The lowest BCUT2D eigenvalue weighted by molar-refractivity contribution is 0.0654. The van der Waals surface area contributed by atoms with Gasteiger partial charge in [-0.2, -0.15) is 8.42 Å². The fourth-order valence-electron chi connectivity index (χ4n) is 3.38. The van der Waals surface area contributed by atoms with Gasteiger partial charge in [-0.1, -0.05) is 6.07 Å². The summed E-state index contributed by atoms with van der Waals surface area (Å²) >= 11 is 0. The van der Waals surface area contributed by atoms with Crippen LogP contribution >= 0.6 is 0 Å². The molecule has 28 heavy (non-hydrogen) atoms. The molecule has 0 radical (unpaired) electrons. The van der Waals surface area contributed by atoms with Gasteiger partial charge in [0.05, 0.1) is 17.8 Å². The van der Waals surface area contributed by atoms with Gasteiger partial charge in [0.1, 0.15) is 10.7 Å². The van der Waals surface area contributed by atoms with Gasteiger partial charge in [-0.15, -0.1) is 4.40 Å². The summed E-state index contributed by atoms with van der Waals surface area (Å²) < 4.78 is 28.9. The molecule has 4 rings (SSSR count). The normalized spacial score (nSPS) is 18.8. The Bertz CT molecular complexity index is 1030. The molecule has 0 aliphatic carbocycles. The van der Waals surface area contributed by atoms with Gasteiger partial charge in [0.25, 0.3) is 15.9 Å². The first kappa shape index (κ1) is 18.6. The summed E-state index contributed by atoms with van der Waals surface area (Å²) in [6, 6.07) is 8.76. The Morgan fingerprint density at radius 1 is 1.18 bits per heavy atom. The summed E-state index contributed by atoms with van der Waals surface area (Å²) in [7, 11) is -3.70. The van der Waals surface area contributed by atoms with E-state index < -0.39 is 10.0 Å². The highest BCUT2D eigenvalue weighted by atomic mass is 32.2. The Balaban J connectivity index is 1.40. The Morgan fingerprint density at radius 2 is 1.96 bits per heavy atom. The lowest BCUT2D eigenvalue weighted by Gasteiger charge is -2.35. The molecule has 2 aliphatic heterocycles. The van der Waals surface area contributed by atoms with E-state index in [1.54, 1.807) is 41.6 Å². The molecule has 1 saturated heterocycles. The van der Waals surface area contributed by atoms with Crippen LogP contribution in [0, 0.1) is 6.92 Å². The number of aromatic nitrogens is 1. The molecule has 1 aromatic carbocycles. The average Bonchev–Trinajstić information content (AvgIpc) is 2.69. The largest absolute Gasteiger partial charge is 0.341 e. The lowest BCUT2D eigenvalue weighted by atomic mass is 10.2. The van der Waals surface area contributed by atoms with Crippen LogP contribution in [-0.2, 0) is 10.0 Å². The van der Waals surface area contributed by atoms with Gasteiger partial charge >= 0.3 is 0 Å². The van der Waals surface area contributed by atoms with E-state index in [0.29, 0.717) is 49.8 Å². The molecule has 1 N–H and O–H groups in total. The van der Waals surface area contributed by atoms with Gasteiger partial charge in [0.2, 0.25) is 0 Å². The molecule has 0 spiro atoms. The Kier molecular flexibility index (Phi) is 4.86. The zero-order valence-corrected chi connectivity index (χ0v) is 16.3. The molecule has 0 saturated carbocycles. The number of sulfonamides is 1. The minimum atomic E-state index is -3.70. The number of anilines is 1. The summed E-state index contributed by atoms with van der Waals surface area (Å²) in [5.41, 5.74) is 2.01. The van der Waals surface area contributed by atoms with Crippen molar-refractivity contribution in [2.75, 3.05) is 38.0 Å². The fourth-order valence-corrected chi connectivity index (χ4v) is 4.60. The van der Waals surface area contributed by atoms with Crippen molar-refractivity contribution in [3.8, 4) is 0 Å². The van der Waals surface area contributed by atoms with Gasteiger partial charge in [-0.25, -0.2) is 0 Å². The fraction of sp³-hybridized carbons (Fsp3) is 0.316. The Morgan fingerprint density at radius 3 is 2.68 bits per heavy atom. The number of piperazine rings is 1. The number of amidine groups is 1. The molecule has 0 bridgehead atoms. The lowest BCUT2D eigenvalue weighted by Crippen LogP contribution is -2.50. The van der Waals surface area contributed by atoms with Crippen LogP contribution < -0.4 is 5.32 Å². The van der Waals surface area contributed by atoms with Crippen molar-refractivity contribution in [2.24, 2.45) is 4.40 Å². The number of aryl methyl sites for hydroxylation is 1. The van der Waals surface area contributed by atoms with E-state index in [-0.39, 0.29) is 10.8 Å². The summed E-state index contributed by atoms with van der Waals surface area (Å²) in [5.74, 6) is 0.371. The number of pyridine rings is 1. The molecule has 1 amide bonds. The van der Waals surface area contributed by atoms with Crippen LogP contribution in [0.1, 0.15) is 15.9 Å². The number of benzene rings is 1. The molecule has 9 heteroatoms. The van der Waals surface area contributed by atoms with Crippen molar-refractivity contribution in [1.82, 2.24) is 14.8 Å². The van der Waals surface area contributed by atoms with Crippen LogP contribution in [0.4, 0.5) is 5.69 Å². The number of carbonyl (C=O) groups is 1. The molecule has 2 aromatic rings. The smallest absolute Gasteiger partial charge is 0.286 e. The quantitative estimate of drug-likeness (QED) is 0.837. The van der Waals surface area contributed by atoms with Crippen molar-refractivity contribution >= 4 is 27.5 Å². The predicted molar refractivity (Wildman–Crippen MR) is 106 cm³/mol. The molecular weight excluding hydrogens is 378 g/mol. The molecule has 3 heterocycles. The number of nitrogens with one attached hydrogen (secondary N) is 1. The number of rotatable bonds is 3. The first-order chi connectivity index (χ1) is 13.4. The first-order valence-corrected chi connectivity index (χ1v) is 10.5. The van der Waals surface area contributed by atoms with E-state index in [1.807, 2.05) is 13.0 Å². The summed E-state index contributed by atoms with van der Waals surface area (Å²) in [5, 5.41) is 3.13. The average molecular weight is 399 g/mol. The van der Waals surface area contributed by atoms with E-state index in [4.69, 9.17) is 0 Å². The third-order valence-corrected chi connectivity index (χ3v) is 6.22. The highest BCUT2D eigenvalue weighted by Crippen LogP contribution is 2.28. The molecule has 146 valence electrons. The minimum Gasteiger partial charge on any atom is -0.341 e. The predicted octanol–water partition coefficient (Wildman–Crippen LogP) is 1.36. The molecule has 8 nitrogen and oxygen atoms in total. The van der Waals surface area contributed by atoms with E-state index >= 15 is 0 Å². The molecule has 1 aromatic heterocycles. The molecule has 2 aliphatic rings. The van der Waals surface area contributed by atoms with Crippen LogP contribution in [0.2, 0.25) is 0 Å². The Hall–Kier alpha value is -2.78. The zero-order chi connectivity index (χ0) is 19.7. The number of nitrogens with zero attached hydrogens (tertiary/aromatic N) is 4. The second-order valence-corrected chi connectivity index (χ2v) is 8.52. The Labute approximate surface area is 164 Å². The first-order valence-electron chi connectivity index (χ1n) is 9.05. The maximum absolute atomic E-state index is 12.5. The second-order valence-electron chi connectivity index (χ2n) is 6.95. The maximum Gasteiger partial charge on any atom is 0.286 e. The van der Waals surface area contributed by atoms with Crippen LogP contribution in [0.25, 0.3) is 0 Å². The number of hydrogen-bond donors (Lipinski definition) is 1. The highest BCUT2D eigenvalue weighted by molar-refractivity contribution is 7.90. The summed E-state index contributed by atoms with van der Waals surface area (Å²) in [6.45, 7) is 4.68. The summed E-state index contributed by atoms with van der Waals surface area (Å²) in [4.78, 5) is 20.6.